The SMILES string of the molecule is CCc1nc(N)c(C)c(NCCC(C)(C)C)n1. The lowest BCUT2D eigenvalue weighted by molar-refractivity contribution is 0.389. The van der Waals surface area contributed by atoms with E-state index in [9.17, 15) is 0 Å². The highest BCUT2D eigenvalue weighted by Gasteiger charge is 2.11. The Morgan fingerprint density at radius 1 is 1.24 bits per heavy atom. The summed E-state index contributed by atoms with van der Waals surface area (Å²) in [6.45, 7) is 11.6. The van der Waals surface area contributed by atoms with Crippen molar-refractivity contribution >= 4 is 11.6 Å². The quantitative estimate of drug-likeness (QED) is 0.843. The third-order valence-electron chi connectivity index (χ3n) is 2.71. The monoisotopic (exact) mass is 236 g/mol. The van der Waals surface area contributed by atoms with Gasteiger partial charge in [0.05, 0.1) is 0 Å². The Morgan fingerprint density at radius 3 is 2.41 bits per heavy atom. The summed E-state index contributed by atoms with van der Waals surface area (Å²) in [6.07, 6.45) is 1.90. The molecule has 1 aromatic rings. The highest BCUT2D eigenvalue weighted by molar-refractivity contribution is 5.54. The van der Waals surface area contributed by atoms with Crippen LogP contribution < -0.4 is 11.1 Å². The molecule has 96 valence electrons. The Hall–Kier alpha value is -1.32. The van der Waals surface area contributed by atoms with E-state index >= 15 is 0 Å². The van der Waals surface area contributed by atoms with Crippen molar-refractivity contribution in [2.24, 2.45) is 5.41 Å². The van der Waals surface area contributed by atoms with Gasteiger partial charge in [0.2, 0.25) is 0 Å². The Morgan fingerprint density at radius 2 is 1.88 bits per heavy atom. The number of aryl methyl sites for hydroxylation is 1. The fourth-order valence-electron chi connectivity index (χ4n) is 1.47. The summed E-state index contributed by atoms with van der Waals surface area (Å²) in [4.78, 5) is 8.70. The van der Waals surface area contributed by atoms with Gasteiger partial charge in [-0.15, -0.1) is 0 Å². The first kappa shape index (κ1) is 13.7. The zero-order valence-electron chi connectivity index (χ0n) is 11.6. The van der Waals surface area contributed by atoms with Gasteiger partial charge >= 0.3 is 0 Å². The molecule has 1 heterocycles. The van der Waals surface area contributed by atoms with Crippen molar-refractivity contribution in [2.75, 3.05) is 17.6 Å². The average Bonchev–Trinajstić information content (AvgIpc) is 2.22. The van der Waals surface area contributed by atoms with E-state index in [0.717, 1.165) is 36.6 Å². The summed E-state index contributed by atoms with van der Waals surface area (Å²) in [6, 6.07) is 0. The third kappa shape index (κ3) is 4.21. The average molecular weight is 236 g/mol. The Kier molecular flexibility index (Phi) is 4.32. The second-order valence-electron chi connectivity index (χ2n) is 5.59. The van der Waals surface area contributed by atoms with E-state index < -0.39 is 0 Å². The molecule has 0 aromatic carbocycles. The molecule has 0 bridgehead atoms. The zero-order valence-corrected chi connectivity index (χ0v) is 11.6. The first-order valence-corrected chi connectivity index (χ1v) is 6.20. The van der Waals surface area contributed by atoms with Crippen LogP contribution in [0, 0.1) is 12.3 Å². The molecule has 1 rings (SSSR count). The van der Waals surface area contributed by atoms with Gasteiger partial charge in [0.15, 0.2) is 0 Å². The van der Waals surface area contributed by atoms with E-state index in [-0.39, 0.29) is 0 Å². The van der Waals surface area contributed by atoms with Gasteiger partial charge in [-0.05, 0) is 18.8 Å². The number of nitrogens with one attached hydrogen (secondary N) is 1. The topological polar surface area (TPSA) is 63.8 Å². The Bertz CT molecular complexity index is 380. The van der Waals surface area contributed by atoms with Gasteiger partial charge in [0.1, 0.15) is 17.5 Å². The number of nitrogens with zero attached hydrogens (tertiary/aromatic N) is 2. The summed E-state index contributed by atoms with van der Waals surface area (Å²) in [5.74, 6) is 2.25. The molecule has 0 unspecified atom stereocenters. The van der Waals surface area contributed by atoms with Crippen LogP contribution in [-0.2, 0) is 6.42 Å². The first-order valence-electron chi connectivity index (χ1n) is 6.20. The minimum absolute atomic E-state index is 0.326. The van der Waals surface area contributed by atoms with Crippen molar-refractivity contribution in [1.82, 2.24) is 9.97 Å². The van der Waals surface area contributed by atoms with Gasteiger partial charge in [-0.3, -0.25) is 0 Å². The molecule has 0 spiro atoms. The van der Waals surface area contributed by atoms with Gasteiger partial charge in [-0.25, -0.2) is 9.97 Å². The molecule has 1 aromatic heterocycles. The number of hydrogen-bond donors (Lipinski definition) is 2. The number of anilines is 2. The van der Waals surface area contributed by atoms with Crippen molar-refractivity contribution in [2.45, 2.75) is 47.5 Å². The molecule has 3 N–H and O–H groups in total. The molecule has 0 aliphatic heterocycles. The van der Waals surface area contributed by atoms with Crippen LogP contribution in [0.15, 0.2) is 0 Å². The van der Waals surface area contributed by atoms with Crippen LogP contribution in [0.2, 0.25) is 0 Å². The third-order valence-corrected chi connectivity index (χ3v) is 2.71. The molecule has 17 heavy (non-hydrogen) atoms. The van der Waals surface area contributed by atoms with Crippen molar-refractivity contribution < 1.29 is 0 Å². The molecular weight excluding hydrogens is 212 g/mol. The van der Waals surface area contributed by atoms with Gasteiger partial charge in [0.25, 0.3) is 0 Å². The molecule has 0 aliphatic carbocycles. The molecule has 0 fully saturated rings. The molecule has 0 saturated heterocycles. The van der Waals surface area contributed by atoms with Crippen LogP contribution in [0.5, 0.6) is 0 Å². The molecule has 4 nitrogen and oxygen atoms in total. The number of rotatable bonds is 4. The highest BCUT2D eigenvalue weighted by Crippen LogP contribution is 2.21. The maximum absolute atomic E-state index is 5.86. The van der Waals surface area contributed by atoms with Crippen molar-refractivity contribution in [3.63, 3.8) is 0 Å². The van der Waals surface area contributed by atoms with Gasteiger partial charge in [-0.2, -0.15) is 0 Å². The van der Waals surface area contributed by atoms with Crippen LogP contribution in [-0.4, -0.2) is 16.5 Å². The normalized spacial score (nSPS) is 11.6. The minimum Gasteiger partial charge on any atom is -0.383 e. The number of aromatic nitrogens is 2. The summed E-state index contributed by atoms with van der Waals surface area (Å²) in [5.41, 5.74) is 7.13. The maximum Gasteiger partial charge on any atom is 0.134 e. The fraction of sp³-hybridized carbons (Fsp3) is 0.692. The molecule has 4 heteroatoms. The van der Waals surface area contributed by atoms with Crippen LogP contribution in [0.25, 0.3) is 0 Å². The summed E-state index contributed by atoms with van der Waals surface area (Å²) < 4.78 is 0. The van der Waals surface area contributed by atoms with E-state index in [1.54, 1.807) is 0 Å². The van der Waals surface area contributed by atoms with Crippen LogP contribution in [0.4, 0.5) is 11.6 Å². The fourth-order valence-corrected chi connectivity index (χ4v) is 1.47. The molecule has 0 saturated carbocycles. The summed E-state index contributed by atoms with van der Waals surface area (Å²) in [5, 5.41) is 3.35. The number of nitrogens with two attached hydrogens (primary N) is 1. The van der Waals surface area contributed by atoms with Gasteiger partial charge in [-0.1, -0.05) is 27.7 Å². The van der Waals surface area contributed by atoms with Crippen molar-refractivity contribution in [3.8, 4) is 0 Å². The van der Waals surface area contributed by atoms with Crippen molar-refractivity contribution in [1.29, 1.82) is 0 Å². The lowest BCUT2D eigenvalue weighted by Crippen LogP contribution is -2.15. The summed E-state index contributed by atoms with van der Waals surface area (Å²) in [7, 11) is 0. The second kappa shape index (κ2) is 5.34. The standard InChI is InChI=1S/C13H24N4/c1-6-10-16-11(14)9(2)12(17-10)15-8-7-13(3,4)5/h6-8H2,1-5H3,(H3,14,15,16,17). The van der Waals surface area contributed by atoms with Crippen LogP contribution >= 0.6 is 0 Å². The smallest absolute Gasteiger partial charge is 0.134 e. The first-order chi connectivity index (χ1) is 7.83. The van der Waals surface area contributed by atoms with Crippen LogP contribution in [0.1, 0.15) is 45.5 Å². The van der Waals surface area contributed by atoms with Crippen LogP contribution in [0.3, 0.4) is 0 Å². The lowest BCUT2D eigenvalue weighted by Gasteiger charge is -2.19. The predicted octanol–water partition coefficient (Wildman–Crippen LogP) is 2.78. The minimum atomic E-state index is 0.326. The van der Waals surface area contributed by atoms with E-state index in [2.05, 4.69) is 36.1 Å². The molecule has 0 amide bonds. The zero-order chi connectivity index (χ0) is 13.1. The number of nitrogen functional groups attached to an aromatic ring is 1. The van der Waals surface area contributed by atoms with Crippen molar-refractivity contribution in [3.05, 3.63) is 11.4 Å². The van der Waals surface area contributed by atoms with E-state index in [1.807, 2.05) is 13.8 Å². The lowest BCUT2D eigenvalue weighted by atomic mass is 9.92. The van der Waals surface area contributed by atoms with E-state index in [4.69, 9.17) is 5.73 Å². The highest BCUT2D eigenvalue weighted by atomic mass is 15.1. The predicted molar refractivity (Wildman–Crippen MR) is 73.1 cm³/mol. The van der Waals surface area contributed by atoms with E-state index in [1.165, 1.54) is 0 Å². The molecule has 0 radical (unpaired) electrons. The molecular formula is C13H24N4. The second-order valence-corrected chi connectivity index (χ2v) is 5.59. The molecule has 0 aliphatic rings. The van der Waals surface area contributed by atoms with Gasteiger partial charge < -0.3 is 11.1 Å². The number of hydrogen-bond acceptors (Lipinski definition) is 4. The molecule has 0 atom stereocenters. The maximum atomic E-state index is 5.86. The summed E-state index contributed by atoms with van der Waals surface area (Å²) >= 11 is 0. The van der Waals surface area contributed by atoms with E-state index in [0.29, 0.717) is 11.2 Å². The Balaban J connectivity index is 2.73. The largest absolute Gasteiger partial charge is 0.383 e. The Labute approximate surface area is 104 Å². The van der Waals surface area contributed by atoms with Gasteiger partial charge in [0, 0.05) is 18.5 Å².